The number of nitrogen functional groups attached to an aromatic ring is 1. The zero-order chi connectivity index (χ0) is 52.6. The topological polar surface area (TPSA) is 194 Å². The third kappa shape index (κ3) is 30.4. The molecule has 0 bridgehead atoms. The number of phosphoric acid groups is 1. The average Bonchev–Trinajstić information content (AvgIpc) is 3.59. The number of nitrogens with zero attached hydrogens (tertiary/aromatic N) is 2. The number of rotatable bonds is 48. The van der Waals surface area contributed by atoms with Gasteiger partial charge in [-0.25, -0.2) is 18.4 Å². The Labute approximate surface area is 431 Å². The number of aromatic nitrogens is 2. The van der Waals surface area contributed by atoms with Gasteiger partial charge in [0.2, 0.25) is 19.8 Å². The van der Waals surface area contributed by atoms with Gasteiger partial charge in [0.1, 0.15) is 11.9 Å². The fraction of sp³-hybridized carbons (Fsp3) is 0.870. The van der Waals surface area contributed by atoms with E-state index in [1.54, 1.807) is 0 Å². The Morgan fingerprint density at radius 3 is 1.29 bits per heavy atom. The summed E-state index contributed by atoms with van der Waals surface area (Å²) in [6.07, 6.45) is 31.5. The number of anilines is 1. The zero-order valence-electron chi connectivity index (χ0n) is 44.7. The highest BCUT2D eigenvalue weighted by Gasteiger charge is 2.63. The number of phosphoric ester groups is 1. The molecule has 1 aromatic rings. The highest BCUT2D eigenvalue weighted by molar-refractivity contribution is 7.48. The molecule has 3 atom stereocenters. The molecule has 2 rings (SSSR count). The molecule has 2 N–H and O–H groups in total. The third-order valence-electron chi connectivity index (χ3n) is 13.2. The van der Waals surface area contributed by atoms with Gasteiger partial charge >= 0.3 is 37.3 Å². The summed E-state index contributed by atoms with van der Waals surface area (Å²) in [6.45, 7) is 3.84. The van der Waals surface area contributed by atoms with E-state index < -0.39 is 76.0 Å². The first-order chi connectivity index (χ1) is 34.9. The van der Waals surface area contributed by atoms with Gasteiger partial charge in [-0.2, -0.15) is 13.8 Å². The molecule has 0 unspecified atom stereocenters. The summed E-state index contributed by atoms with van der Waals surface area (Å²) >= 11 is 0. The first-order valence-electron chi connectivity index (χ1n) is 28.3. The van der Waals surface area contributed by atoms with E-state index in [9.17, 15) is 23.7 Å². The van der Waals surface area contributed by atoms with Crippen molar-refractivity contribution >= 4 is 31.5 Å². The number of nitrogens with two attached hydrogens (primary N) is 1. The van der Waals surface area contributed by atoms with Crippen molar-refractivity contribution in [1.29, 1.82) is 0 Å². The fourth-order valence-electron chi connectivity index (χ4n) is 8.76. The molecular weight excluding hydrogens is 952 g/mol. The molecule has 0 aliphatic carbocycles. The van der Waals surface area contributed by atoms with Gasteiger partial charge in [-0.3, -0.25) is 23.5 Å². The van der Waals surface area contributed by atoms with Crippen LogP contribution in [0.2, 0.25) is 0 Å². The van der Waals surface area contributed by atoms with Gasteiger partial charge in [0.15, 0.2) is 6.10 Å². The van der Waals surface area contributed by atoms with Gasteiger partial charge in [-0.15, -0.1) is 0 Å². The van der Waals surface area contributed by atoms with Crippen LogP contribution in [0.1, 0.15) is 265 Å². The van der Waals surface area contributed by atoms with Crippen molar-refractivity contribution in [3.63, 3.8) is 0 Å². The van der Waals surface area contributed by atoms with Crippen molar-refractivity contribution in [2.24, 2.45) is 0 Å². The number of unbranched alkanes of at least 4 members (excludes halogenated alkanes) is 31. The molecule has 0 amide bonds. The number of carbonyl (C=O) groups is 3. The van der Waals surface area contributed by atoms with Crippen LogP contribution in [0.3, 0.4) is 0 Å². The van der Waals surface area contributed by atoms with Gasteiger partial charge in [0.05, 0.1) is 6.61 Å². The molecular formula is C54H96F2N3O12P. The van der Waals surface area contributed by atoms with Crippen LogP contribution in [-0.4, -0.2) is 65.8 Å². The van der Waals surface area contributed by atoms with Crippen LogP contribution < -0.4 is 11.4 Å². The summed E-state index contributed by atoms with van der Waals surface area (Å²) < 4.78 is 84.6. The molecule has 418 valence electrons. The van der Waals surface area contributed by atoms with Crippen molar-refractivity contribution < 1.29 is 60.2 Å². The average molecular weight is 1050 g/mol. The number of ether oxygens (including phenoxy) is 4. The molecule has 1 saturated heterocycles. The van der Waals surface area contributed by atoms with Crippen molar-refractivity contribution in [3.05, 3.63) is 22.7 Å². The van der Waals surface area contributed by atoms with Gasteiger partial charge in [-0.1, -0.05) is 220 Å². The summed E-state index contributed by atoms with van der Waals surface area (Å²) in [5.74, 6) is -6.41. The van der Waals surface area contributed by atoms with Gasteiger partial charge in [0, 0.05) is 25.5 Å². The van der Waals surface area contributed by atoms with Crippen LogP contribution in [0.15, 0.2) is 17.1 Å². The van der Waals surface area contributed by atoms with E-state index in [1.165, 1.54) is 116 Å². The SMILES string of the molecule is CCCCCCCCCCCCCCCCC(=O)O[C@@H]1[C@@H](COP(=O)(OCOC(=O)CCCCCCCCCCCC)OCOC(=O)CCCCCCCCCCCC)O[C@@H](n2ccc(N)nc2=O)C1(F)F. The number of carbonyl (C=O) groups excluding carboxylic acids is 3. The van der Waals surface area contributed by atoms with Crippen molar-refractivity contribution in [1.82, 2.24) is 9.55 Å². The van der Waals surface area contributed by atoms with Crippen molar-refractivity contribution in [3.8, 4) is 0 Å². The van der Waals surface area contributed by atoms with E-state index in [0.29, 0.717) is 30.3 Å². The lowest BCUT2D eigenvalue weighted by Gasteiger charge is -2.25. The molecule has 1 fully saturated rings. The van der Waals surface area contributed by atoms with Gasteiger partial charge < -0.3 is 24.7 Å². The van der Waals surface area contributed by atoms with Crippen LogP contribution in [-0.2, 0) is 51.5 Å². The smallest absolute Gasteiger partial charge is 0.453 e. The van der Waals surface area contributed by atoms with E-state index in [0.717, 1.165) is 89.3 Å². The molecule has 18 heteroatoms. The van der Waals surface area contributed by atoms with Crippen LogP contribution in [0.25, 0.3) is 0 Å². The number of hydrogen-bond acceptors (Lipinski definition) is 14. The minimum absolute atomic E-state index is 0.0839. The predicted molar refractivity (Wildman–Crippen MR) is 277 cm³/mol. The minimum Gasteiger partial charge on any atom is -0.453 e. The largest absolute Gasteiger partial charge is 0.480 e. The van der Waals surface area contributed by atoms with E-state index in [2.05, 4.69) is 25.8 Å². The number of hydrogen-bond donors (Lipinski definition) is 1. The zero-order valence-corrected chi connectivity index (χ0v) is 45.6. The fourth-order valence-corrected chi connectivity index (χ4v) is 9.68. The van der Waals surface area contributed by atoms with Crippen LogP contribution >= 0.6 is 7.82 Å². The van der Waals surface area contributed by atoms with Crippen LogP contribution in [0, 0.1) is 0 Å². The number of alkyl halides is 2. The second kappa shape index (κ2) is 41.3. The molecule has 1 aliphatic heterocycles. The Bertz CT molecular complexity index is 1630. The highest BCUT2D eigenvalue weighted by Crippen LogP contribution is 2.51. The molecule has 0 spiro atoms. The lowest BCUT2D eigenvalue weighted by atomic mass is 10.0. The van der Waals surface area contributed by atoms with Crippen LogP contribution in [0.5, 0.6) is 0 Å². The summed E-state index contributed by atoms with van der Waals surface area (Å²) in [6, 6.07) is 1.13. The Morgan fingerprint density at radius 1 is 0.583 bits per heavy atom. The summed E-state index contributed by atoms with van der Waals surface area (Å²) in [7, 11) is -4.87. The van der Waals surface area contributed by atoms with E-state index in [4.69, 9.17) is 38.3 Å². The van der Waals surface area contributed by atoms with Crippen molar-refractivity contribution in [2.45, 2.75) is 283 Å². The standard InChI is InChI=1S/C54H96F2N3O12P/c1-4-7-10-13-16-19-22-23-24-25-28-31-34-37-40-50(62)71-51-46(70-52(54(51,55)56)59-42-41-47(57)58-53(59)63)43-67-72(64,68-44-65-48(60)38-35-32-29-26-20-17-14-11-8-5-2)69-45-66-49(61)39-36-33-30-27-21-18-15-12-9-6-3/h41-42,46,51-52H,4-40,43-45H2,1-3H3,(H2,57,58,63)/t46-,51-,52-/m1/s1. The van der Waals surface area contributed by atoms with E-state index in [1.807, 2.05) is 0 Å². The molecule has 15 nitrogen and oxygen atoms in total. The molecule has 1 aliphatic rings. The highest BCUT2D eigenvalue weighted by atomic mass is 31.2. The molecule has 1 aromatic heterocycles. The Kier molecular flexibility index (Phi) is 37.4. The molecule has 0 radical (unpaired) electrons. The van der Waals surface area contributed by atoms with Crippen molar-refractivity contribution in [2.75, 3.05) is 25.9 Å². The van der Waals surface area contributed by atoms with E-state index in [-0.39, 0.29) is 25.1 Å². The molecule has 0 saturated carbocycles. The monoisotopic (exact) mass is 1050 g/mol. The second-order valence-electron chi connectivity index (χ2n) is 19.6. The quantitative estimate of drug-likeness (QED) is 0.0213. The predicted octanol–water partition coefficient (Wildman–Crippen LogP) is 14.9. The maximum absolute atomic E-state index is 16.3. The first-order valence-corrected chi connectivity index (χ1v) is 29.7. The maximum atomic E-state index is 16.3. The number of esters is 3. The van der Waals surface area contributed by atoms with E-state index >= 15 is 8.78 Å². The lowest BCUT2D eigenvalue weighted by Crippen LogP contribution is -2.44. The molecule has 2 heterocycles. The Morgan fingerprint density at radius 2 is 0.931 bits per heavy atom. The third-order valence-corrected chi connectivity index (χ3v) is 14.5. The Balaban J connectivity index is 2.02. The lowest BCUT2D eigenvalue weighted by molar-refractivity contribution is -0.176. The van der Waals surface area contributed by atoms with Gasteiger partial charge in [0.25, 0.3) is 0 Å². The molecule has 72 heavy (non-hydrogen) atoms. The summed E-state index contributed by atoms with van der Waals surface area (Å²) in [4.78, 5) is 54.6. The molecule has 0 aromatic carbocycles. The summed E-state index contributed by atoms with van der Waals surface area (Å²) in [5, 5.41) is 0. The Hall–Kier alpha value is -2.98. The van der Waals surface area contributed by atoms with Gasteiger partial charge in [-0.05, 0) is 25.3 Å². The normalized spacial score (nSPS) is 16.5. The number of halogens is 2. The van der Waals surface area contributed by atoms with Crippen LogP contribution in [0.4, 0.5) is 14.6 Å². The minimum atomic E-state index is -4.87. The first kappa shape index (κ1) is 65.1. The summed E-state index contributed by atoms with van der Waals surface area (Å²) in [5.41, 5.74) is 4.47. The second-order valence-corrected chi connectivity index (χ2v) is 21.3. The maximum Gasteiger partial charge on any atom is 0.480 e.